The highest BCUT2D eigenvalue weighted by Crippen LogP contribution is 2.33. The maximum Gasteiger partial charge on any atom is 0.311 e. The van der Waals surface area contributed by atoms with Crippen LogP contribution in [0.25, 0.3) is 0 Å². The lowest BCUT2D eigenvalue weighted by Crippen LogP contribution is -2.03. The fourth-order valence-electron chi connectivity index (χ4n) is 2.12. The number of fused-ring (bicyclic) bond motifs is 1. The van der Waals surface area contributed by atoms with Gasteiger partial charge in [-0.3, -0.25) is 14.9 Å². The number of hydrogen-bond donors (Lipinski definition) is 0. The molecular weight excluding hydrogens is 222 g/mol. The first-order chi connectivity index (χ1) is 8.13. The lowest BCUT2D eigenvalue weighted by atomic mass is 10.0. The molecule has 0 aliphatic heterocycles. The van der Waals surface area contributed by atoms with Crippen LogP contribution in [-0.2, 0) is 6.42 Å². The summed E-state index contributed by atoms with van der Waals surface area (Å²) in [6.45, 7) is 0. The average molecular weight is 235 g/mol. The predicted molar refractivity (Wildman–Crippen MR) is 61.5 cm³/mol. The van der Waals surface area contributed by atoms with Gasteiger partial charge in [-0.05, 0) is 30.9 Å². The van der Waals surface area contributed by atoms with Gasteiger partial charge in [0.2, 0.25) is 0 Å². The molecule has 0 spiro atoms. The van der Waals surface area contributed by atoms with E-state index in [1.807, 2.05) is 0 Å². The first kappa shape index (κ1) is 11.6. The van der Waals surface area contributed by atoms with E-state index < -0.39 is 4.92 Å². The molecular formula is C12H13NO4. The molecule has 1 aromatic rings. The molecule has 17 heavy (non-hydrogen) atoms. The summed E-state index contributed by atoms with van der Waals surface area (Å²) in [7, 11) is 1.40. The van der Waals surface area contributed by atoms with E-state index in [1.54, 1.807) is 6.07 Å². The van der Waals surface area contributed by atoms with Crippen molar-refractivity contribution in [1.29, 1.82) is 0 Å². The van der Waals surface area contributed by atoms with Gasteiger partial charge in [0.25, 0.3) is 0 Å². The number of methoxy groups -OCH3 is 1. The highest BCUT2D eigenvalue weighted by atomic mass is 16.6. The Balaban J connectivity index is 2.58. The molecule has 0 unspecified atom stereocenters. The van der Waals surface area contributed by atoms with Crippen molar-refractivity contribution in [2.24, 2.45) is 0 Å². The Kier molecular flexibility index (Phi) is 3.08. The van der Waals surface area contributed by atoms with Gasteiger partial charge in [-0.15, -0.1) is 0 Å². The summed E-state index contributed by atoms with van der Waals surface area (Å²) in [6, 6.07) is 2.97. The molecule has 0 amide bonds. The second-order valence-corrected chi connectivity index (χ2v) is 4.07. The van der Waals surface area contributed by atoms with Crippen LogP contribution in [0.3, 0.4) is 0 Å². The van der Waals surface area contributed by atoms with Gasteiger partial charge >= 0.3 is 5.69 Å². The molecule has 1 aromatic carbocycles. The van der Waals surface area contributed by atoms with Crippen LogP contribution < -0.4 is 4.74 Å². The SMILES string of the molecule is COc1cc2c(cc1[N+](=O)[O-])C(=O)CCCC2. The average Bonchev–Trinajstić information content (AvgIpc) is 2.49. The molecule has 5 heteroatoms. The van der Waals surface area contributed by atoms with Gasteiger partial charge in [0.15, 0.2) is 11.5 Å². The van der Waals surface area contributed by atoms with Gasteiger partial charge in [-0.25, -0.2) is 0 Å². The first-order valence-electron chi connectivity index (χ1n) is 5.52. The quantitative estimate of drug-likeness (QED) is 0.448. The van der Waals surface area contributed by atoms with Gasteiger partial charge < -0.3 is 4.74 Å². The molecule has 0 bridgehead atoms. The number of rotatable bonds is 2. The van der Waals surface area contributed by atoms with Crippen LogP contribution in [0.2, 0.25) is 0 Å². The third-order valence-corrected chi connectivity index (χ3v) is 3.00. The maximum absolute atomic E-state index is 11.8. The molecule has 0 atom stereocenters. The molecule has 0 saturated carbocycles. The number of hydrogen-bond acceptors (Lipinski definition) is 4. The monoisotopic (exact) mass is 235 g/mol. The van der Waals surface area contributed by atoms with E-state index >= 15 is 0 Å². The number of Topliss-reactive ketones (excluding diaryl/α,β-unsaturated/α-hetero) is 1. The maximum atomic E-state index is 11.8. The van der Waals surface area contributed by atoms with E-state index in [4.69, 9.17) is 4.74 Å². The fourth-order valence-corrected chi connectivity index (χ4v) is 2.12. The van der Waals surface area contributed by atoms with Crippen molar-refractivity contribution in [2.75, 3.05) is 7.11 Å². The molecule has 5 nitrogen and oxygen atoms in total. The second kappa shape index (κ2) is 4.53. The van der Waals surface area contributed by atoms with Crippen molar-refractivity contribution in [1.82, 2.24) is 0 Å². The summed E-state index contributed by atoms with van der Waals surface area (Å²) in [5, 5.41) is 10.9. The molecule has 0 N–H and O–H groups in total. The number of ketones is 1. The van der Waals surface area contributed by atoms with E-state index in [0.717, 1.165) is 24.8 Å². The minimum absolute atomic E-state index is 0.0109. The van der Waals surface area contributed by atoms with Crippen molar-refractivity contribution in [2.45, 2.75) is 25.7 Å². The zero-order valence-corrected chi connectivity index (χ0v) is 9.56. The summed E-state index contributed by atoms with van der Waals surface area (Å²) in [5.41, 5.74) is 1.20. The number of carbonyl (C=O) groups is 1. The lowest BCUT2D eigenvalue weighted by Gasteiger charge is -2.08. The summed E-state index contributed by atoms with van der Waals surface area (Å²) in [6.07, 6.45) is 3.01. The summed E-state index contributed by atoms with van der Waals surface area (Å²) < 4.78 is 5.00. The minimum Gasteiger partial charge on any atom is -0.490 e. The molecule has 0 heterocycles. The largest absolute Gasteiger partial charge is 0.490 e. The van der Waals surface area contributed by atoms with E-state index in [1.165, 1.54) is 13.2 Å². The minimum atomic E-state index is -0.517. The molecule has 90 valence electrons. The number of nitrogens with zero attached hydrogens (tertiary/aromatic N) is 1. The molecule has 0 radical (unpaired) electrons. The van der Waals surface area contributed by atoms with Crippen LogP contribution in [0.4, 0.5) is 5.69 Å². The van der Waals surface area contributed by atoms with E-state index in [-0.39, 0.29) is 17.2 Å². The van der Waals surface area contributed by atoms with Gasteiger partial charge in [0.05, 0.1) is 12.0 Å². The van der Waals surface area contributed by atoms with Gasteiger partial charge in [0, 0.05) is 18.1 Å². The van der Waals surface area contributed by atoms with Crippen molar-refractivity contribution in [3.63, 3.8) is 0 Å². The second-order valence-electron chi connectivity index (χ2n) is 4.07. The van der Waals surface area contributed by atoms with Gasteiger partial charge in [-0.2, -0.15) is 0 Å². The Morgan fingerprint density at radius 3 is 2.65 bits per heavy atom. The third-order valence-electron chi connectivity index (χ3n) is 3.00. The normalized spacial score (nSPS) is 15.0. The topological polar surface area (TPSA) is 69.4 Å². The molecule has 1 aliphatic carbocycles. The van der Waals surface area contributed by atoms with E-state index in [9.17, 15) is 14.9 Å². The van der Waals surface area contributed by atoms with Crippen molar-refractivity contribution in [3.05, 3.63) is 33.4 Å². The van der Waals surface area contributed by atoms with Gasteiger partial charge in [-0.1, -0.05) is 0 Å². The number of carbonyl (C=O) groups excluding carboxylic acids is 1. The van der Waals surface area contributed by atoms with E-state index in [2.05, 4.69) is 0 Å². The smallest absolute Gasteiger partial charge is 0.311 e. The molecule has 0 saturated heterocycles. The highest BCUT2D eigenvalue weighted by Gasteiger charge is 2.23. The van der Waals surface area contributed by atoms with Crippen LogP contribution >= 0.6 is 0 Å². The Morgan fingerprint density at radius 1 is 1.29 bits per heavy atom. The Bertz CT molecular complexity index is 482. The standard InChI is InChI=1S/C12H13NO4/c1-17-12-6-8-4-2-3-5-11(14)9(8)7-10(12)13(15)16/h6-7H,2-5H2,1H3. The molecule has 0 fully saturated rings. The van der Waals surface area contributed by atoms with Gasteiger partial charge in [0.1, 0.15) is 0 Å². The van der Waals surface area contributed by atoms with Crippen LogP contribution in [0.15, 0.2) is 12.1 Å². The zero-order valence-electron chi connectivity index (χ0n) is 9.56. The number of ether oxygens (including phenoxy) is 1. The van der Waals surface area contributed by atoms with Crippen LogP contribution in [0, 0.1) is 10.1 Å². The van der Waals surface area contributed by atoms with Crippen molar-refractivity contribution in [3.8, 4) is 5.75 Å². The summed E-state index contributed by atoms with van der Waals surface area (Å²) in [5.74, 6) is 0.215. The van der Waals surface area contributed by atoms with Crippen molar-refractivity contribution >= 4 is 11.5 Å². The summed E-state index contributed by atoms with van der Waals surface area (Å²) in [4.78, 5) is 22.2. The third kappa shape index (κ3) is 2.13. The van der Waals surface area contributed by atoms with Crippen LogP contribution in [-0.4, -0.2) is 17.8 Å². The van der Waals surface area contributed by atoms with E-state index in [0.29, 0.717) is 12.0 Å². The number of nitro benzene ring substituents is 1. The Hall–Kier alpha value is -1.91. The summed E-state index contributed by atoms with van der Waals surface area (Å²) >= 11 is 0. The number of benzene rings is 1. The lowest BCUT2D eigenvalue weighted by molar-refractivity contribution is -0.385. The number of aryl methyl sites for hydroxylation is 1. The molecule has 2 rings (SSSR count). The Labute approximate surface area is 98.5 Å². The fraction of sp³-hybridized carbons (Fsp3) is 0.417. The molecule has 0 aromatic heterocycles. The van der Waals surface area contributed by atoms with Crippen LogP contribution in [0.5, 0.6) is 5.75 Å². The predicted octanol–water partition coefficient (Wildman–Crippen LogP) is 2.51. The van der Waals surface area contributed by atoms with Crippen LogP contribution in [0.1, 0.15) is 35.2 Å². The number of nitro groups is 1. The molecule has 1 aliphatic rings. The first-order valence-corrected chi connectivity index (χ1v) is 5.52. The Morgan fingerprint density at radius 2 is 2.00 bits per heavy atom. The highest BCUT2D eigenvalue weighted by molar-refractivity contribution is 5.98. The zero-order chi connectivity index (χ0) is 12.4. The van der Waals surface area contributed by atoms with Crippen molar-refractivity contribution < 1.29 is 14.5 Å².